The number of benzene rings is 2. The molecule has 30 heavy (non-hydrogen) atoms. The Kier molecular flexibility index (Phi) is 13.5. The number of aryl methyl sites for hydroxylation is 2. The SMILES string of the molecule is Cc1ccc(S(=O)(=O)O)cc1.Cc1cccc(S(=O)(=O)O)c1.O=S(=O)=O.O=S(=O)=O. The average molecular weight is 505 g/mol. The molecule has 0 aliphatic heterocycles. The van der Waals surface area contributed by atoms with E-state index in [2.05, 4.69) is 0 Å². The molecule has 0 bridgehead atoms. The van der Waals surface area contributed by atoms with Gasteiger partial charge in [-0.1, -0.05) is 29.8 Å². The first-order chi connectivity index (χ1) is 13.5. The molecule has 0 unspecified atom stereocenters. The van der Waals surface area contributed by atoms with Gasteiger partial charge in [-0.25, -0.2) is 0 Å². The number of hydrogen-bond acceptors (Lipinski definition) is 10. The van der Waals surface area contributed by atoms with Gasteiger partial charge in [0.1, 0.15) is 0 Å². The van der Waals surface area contributed by atoms with Crippen molar-refractivity contribution in [2.75, 3.05) is 0 Å². The molecule has 2 aromatic carbocycles. The van der Waals surface area contributed by atoms with Gasteiger partial charge in [0.05, 0.1) is 9.79 Å². The quantitative estimate of drug-likeness (QED) is 0.534. The summed E-state index contributed by atoms with van der Waals surface area (Å²) in [6.45, 7) is 3.60. The molecule has 0 atom stereocenters. The fraction of sp³-hybridized carbons (Fsp3) is 0.143. The average Bonchev–Trinajstić information content (AvgIpc) is 2.53. The highest BCUT2D eigenvalue weighted by molar-refractivity contribution is 7.86. The molecule has 0 aliphatic carbocycles. The van der Waals surface area contributed by atoms with Crippen molar-refractivity contribution in [1.29, 1.82) is 0 Å². The Morgan fingerprint density at radius 1 is 0.600 bits per heavy atom. The van der Waals surface area contributed by atoms with Crippen LogP contribution in [0, 0.1) is 13.8 Å². The second kappa shape index (κ2) is 13.7. The predicted octanol–water partition coefficient (Wildman–Crippen LogP) is 0.475. The smallest absolute Gasteiger partial charge is 0.282 e. The Morgan fingerprint density at radius 3 is 1.23 bits per heavy atom. The van der Waals surface area contributed by atoms with Crippen molar-refractivity contribution in [1.82, 2.24) is 0 Å². The maximum absolute atomic E-state index is 10.5. The molecule has 0 aromatic heterocycles. The van der Waals surface area contributed by atoms with Crippen LogP contribution in [0.2, 0.25) is 0 Å². The predicted molar refractivity (Wildman–Crippen MR) is 101 cm³/mol. The van der Waals surface area contributed by atoms with Gasteiger partial charge < -0.3 is 0 Å². The fourth-order valence-corrected chi connectivity index (χ4v) is 2.55. The minimum absolute atomic E-state index is 0.0579. The molecule has 16 heteroatoms. The summed E-state index contributed by atoms with van der Waals surface area (Å²) in [7, 11) is -14.3. The van der Waals surface area contributed by atoms with Crippen LogP contribution in [-0.2, 0) is 41.5 Å². The molecule has 2 N–H and O–H groups in total. The Labute approximate surface area is 175 Å². The van der Waals surface area contributed by atoms with E-state index in [0.717, 1.165) is 11.1 Å². The van der Waals surface area contributed by atoms with Gasteiger partial charge in [-0.2, -0.15) is 16.8 Å². The minimum atomic E-state index is -4.03. The van der Waals surface area contributed by atoms with Gasteiger partial charge in [0, 0.05) is 0 Å². The van der Waals surface area contributed by atoms with Crippen molar-refractivity contribution in [3.8, 4) is 0 Å². The molecule has 0 amide bonds. The highest BCUT2D eigenvalue weighted by atomic mass is 32.2. The molecule has 0 saturated carbocycles. The minimum Gasteiger partial charge on any atom is -0.282 e. The van der Waals surface area contributed by atoms with E-state index in [1.807, 2.05) is 6.92 Å². The van der Waals surface area contributed by atoms with Crippen LogP contribution in [0.15, 0.2) is 58.3 Å². The summed E-state index contributed by atoms with van der Waals surface area (Å²) in [6.07, 6.45) is 0. The molecule has 2 rings (SSSR count). The molecule has 12 nitrogen and oxygen atoms in total. The standard InChI is InChI=1S/2C7H8O3S.2O3S/c1-6-2-4-7(5-3-6)11(8,9)10;1-6-3-2-4-7(5-6)11(8,9)10;2*1-4(2)3/h2*2-5H,1H3,(H,8,9,10);;. The maximum Gasteiger partial charge on any atom is 0.425 e. The van der Waals surface area contributed by atoms with E-state index in [1.165, 1.54) is 24.3 Å². The van der Waals surface area contributed by atoms with Crippen LogP contribution in [0.3, 0.4) is 0 Å². The summed E-state index contributed by atoms with van der Waals surface area (Å²) in [5.41, 5.74) is 1.76. The van der Waals surface area contributed by atoms with E-state index >= 15 is 0 Å². The summed E-state index contributed by atoms with van der Waals surface area (Å²) in [4.78, 5) is -0.124. The van der Waals surface area contributed by atoms with Gasteiger partial charge in [0.15, 0.2) is 0 Å². The molecule has 168 valence electrons. The maximum atomic E-state index is 10.5. The molecule has 0 fully saturated rings. The summed E-state index contributed by atoms with van der Waals surface area (Å²) < 4.78 is 110. The lowest BCUT2D eigenvalue weighted by atomic mass is 10.2. The monoisotopic (exact) mass is 504 g/mol. The van der Waals surface area contributed by atoms with Crippen LogP contribution < -0.4 is 0 Å². The third kappa shape index (κ3) is 17.6. The molecule has 0 saturated heterocycles. The first-order valence-corrected chi connectivity index (χ1v) is 12.0. The van der Waals surface area contributed by atoms with Gasteiger partial charge in [0.25, 0.3) is 20.2 Å². The van der Waals surface area contributed by atoms with Gasteiger partial charge in [-0.15, -0.1) is 25.3 Å². The molecule has 0 aliphatic rings. The summed E-state index contributed by atoms with van der Waals surface area (Å²) in [5.74, 6) is 0. The fourth-order valence-electron chi connectivity index (χ4n) is 1.49. The topological polar surface area (TPSA) is 211 Å². The molecular formula is C14H16O12S4. The Balaban J connectivity index is 0. The van der Waals surface area contributed by atoms with E-state index in [4.69, 9.17) is 34.4 Å². The van der Waals surface area contributed by atoms with Crippen LogP contribution in [0.5, 0.6) is 0 Å². The normalized spacial score (nSPS) is 10.0. The largest absolute Gasteiger partial charge is 0.425 e. The van der Waals surface area contributed by atoms with Crippen molar-refractivity contribution in [2.45, 2.75) is 23.6 Å². The number of rotatable bonds is 2. The van der Waals surface area contributed by atoms with Crippen LogP contribution in [-0.4, -0.2) is 51.2 Å². The third-order valence-electron chi connectivity index (χ3n) is 2.61. The summed E-state index contributed by atoms with van der Waals surface area (Å²) in [6, 6.07) is 12.1. The lowest BCUT2D eigenvalue weighted by Gasteiger charge is -1.96. The second-order valence-electron chi connectivity index (χ2n) is 4.99. The Morgan fingerprint density at radius 2 is 0.967 bits per heavy atom. The third-order valence-corrected chi connectivity index (χ3v) is 4.32. The van der Waals surface area contributed by atoms with Crippen LogP contribution in [0.4, 0.5) is 0 Å². The van der Waals surface area contributed by atoms with Crippen LogP contribution in [0.25, 0.3) is 0 Å². The lowest BCUT2D eigenvalue weighted by Crippen LogP contribution is -1.97. The van der Waals surface area contributed by atoms with E-state index in [-0.39, 0.29) is 9.79 Å². The zero-order chi connectivity index (χ0) is 24.1. The molecule has 2 aromatic rings. The highest BCUT2D eigenvalue weighted by Crippen LogP contribution is 2.09. The molecular weight excluding hydrogens is 488 g/mol. The van der Waals surface area contributed by atoms with Crippen LogP contribution in [0.1, 0.15) is 11.1 Å². The van der Waals surface area contributed by atoms with E-state index in [0.29, 0.717) is 0 Å². The van der Waals surface area contributed by atoms with Gasteiger partial charge in [-0.3, -0.25) is 9.11 Å². The zero-order valence-corrected chi connectivity index (χ0v) is 18.5. The van der Waals surface area contributed by atoms with Crippen molar-refractivity contribution in [3.05, 3.63) is 59.7 Å². The second-order valence-corrected chi connectivity index (χ2v) is 8.65. The molecule has 0 spiro atoms. The lowest BCUT2D eigenvalue weighted by molar-refractivity contribution is 0.481. The van der Waals surface area contributed by atoms with Gasteiger partial charge in [0.2, 0.25) is 0 Å². The summed E-state index contributed by atoms with van der Waals surface area (Å²) >= 11 is 0. The molecule has 0 radical (unpaired) electrons. The Hall–Kier alpha value is -2.50. The van der Waals surface area contributed by atoms with E-state index in [1.54, 1.807) is 31.2 Å². The van der Waals surface area contributed by atoms with E-state index in [9.17, 15) is 16.8 Å². The highest BCUT2D eigenvalue weighted by Gasteiger charge is 2.07. The first-order valence-electron chi connectivity index (χ1n) is 7.08. The first kappa shape index (κ1) is 29.7. The van der Waals surface area contributed by atoms with Crippen molar-refractivity contribution < 1.29 is 51.2 Å². The summed E-state index contributed by atoms with van der Waals surface area (Å²) in [5, 5.41) is 0. The van der Waals surface area contributed by atoms with Crippen molar-refractivity contribution in [3.63, 3.8) is 0 Å². The van der Waals surface area contributed by atoms with E-state index < -0.39 is 41.5 Å². The molecule has 0 heterocycles. The van der Waals surface area contributed by atoms with Crippen molar-refractivity contribution in [2.24, 2.45) is 0 Å². The Bertz CT molecular complexity index is 1200. The zero-order valence-electron chi connectivity index (χ0n) is 15.2. The van der Waals surface area contributed by atoms with Gasteiger partial charge in [-0.05, 0) is 43.7 Å². The van der Waals surface area contributed by atoms with Crippen LogP contribution >= 0.6 is 0 Å². The number of hydrogen-bond donors (Lipinski definition) is 2. The van der Waals surface area contributed by atoms with Gasteiger partial charge >= 0.3 is 21.2 Å². The van der Waals surface area contributed by atoms with Crippen molar-refractivity contribution >= 4 is 41.5 Å².